The van der Waals surface area contributed by atoms with Crippen molar-refractivity contribution >= 4 is 34.3 Å². The van der Waals surface area contributed by atoms with E-state index < -0.39 is 18.0 Å². The van der Waals surface area contributed by atoms with E-state index in [0.29, 0.717) is 10.9 Å². The number of carbonyl (C=O) groups excluding carboxylic acids is 3. The molecule has 1 atom stereocenters. The van der Waals surface area contributed by atoms with E-state index in [1.54, 1.807) is 31.4 Å². The van der Waals surface area contributed by atoms with Gasteiger partial charge in [-0.15, -0.1) is 11.3 Å². The predicted molar refractivity (Wildman–Crippen MR) is 112 cm³/mol. The molecule has 30 heavy (non-hydrogen) atoms. The molecule has 1 saturated heterocycles. The SMILES string of the molecule is COc1ccc(CN2C(=O)N[C@@H](CC(=O)Nc3nc4c(s3)CCCCC4)C2=O)cc1. The van der Waals surface area contributed by atoms with Gasteiger partial charge >= 0.3 is 6.03 Å². The van der Waals surface area contributed by atoms with Crippen LogP contribution in [0.4, 0.5) is 9.93 Å². The Morgan fingerprint density at radius 2 is 2.00 bits per heavy atom. The Bertz CT molecular complexity index is 933. The zero-order valence-electron chi connectivity index (χ0n) is 16.8. The van der Waals surface area contributed by atoms with Gasteiger partial charge in [-0.05, 0) is 43.4 Å². The molecule has 2 aromatic rings. The Morgan fingerprint density at radius 1 is 1.23 bits per heavy atom. The molecule has 2 aliphatic rings. The van der Waals surface area contributed by atoms with E-state index in [0.717, 1.165) is 41.8 Å². The molecule has 4 rings (SSSR count). The van der Waals surface area contributed by atoms with E-state index >= 15 is 0 Å². The van der Waals surface area contributed by atoms with Gasteiger partial charge in [0.2, 0.25) is 5.91 Å². The maximum atomic E-state index is 12.7. The van der Waals surface area contributed by atoms with Gasteiger partial charge in [0.15, 0.2) is 5.13 Å². The Balaban J connectivity index is 1.34. The third kappa shape index (κ3) is 4.46. The van der Waals surface area contributed by atoms with Crippen molar-refractivity contribution in [2.24, 2.45) is 0 Å². The van der Waals surface area contributed by atoms with E-state index in [4.69, 9.17) is 4.74 Å². The zero-order chi connectivity index (χ0) is 21.1. The van der Waals surface area contributed by atoms with Crippen molar-refractivity contribution in [3.8, 4) is 5.75 Å². The zero-order valence-corrected chi connectivity index (χ0v) is 17.6. The minimum absolute atomic E-state index is 0.117. The van der Waals surface area contributed by atoms with E-state index in [1.807, 2.05) is 0 Å². The van der Waals surface area contributed by atoms with Crippen LogP contribution in [0, 0.1) is 0 Å². The number of nitrogens with zero attached hydrogens (tertiary/aromatic N) is 2. The third-order valence-electron chi connectivity index (χ3n) is 5.34. The van der Waals surface area contributed by atoms with Crippen molar-refractivity contribution in [1.29, 1.82) is 0 Å². The lowest BCUT2D eigenvalue weighted by atomic mass is 10.1. The molecule has 1 aliphatic carbocycles. The van der Waals surface area contributed by atoms with Crippen molar-refractivity contribution in [3.63, 3.8) is 0 Å². The molecule has 1 aromatic heterocycles. The fourth-order valence-corrected chi connectivity index (χ4v) is 4.78. The van der Waals surface area contributed by atoms with Crippen molar-refractivity contribution in [2.45, 2.75) is 51.1 Å². The molecule has 4 amide bonds. The summed E-state index contributed by atoms with van der Waals surface area (Å²) in [6.45, 7) is 0.145. The Morgan fingerprint density at radius 3 is 2.77 bits per heavy atom. The largest absolute Gasteiger partial charge is 0.497 e. The molecule has 158 valence electrons. The van der Waals surface area contributed by atoms with Gasteiger partial charge < -0.3 is 15.4 Å². The Kier molecular flexibility index (Phi) is 5.98. The highest BCUT2D eigenvalue weighted by Gasteiger charge is 2.39. The molecule has 1 fully saturated rings. The third-order valence-corrected chi connectivity index (χ3v) is 6.41. The molecule has 0 spiro atoms. The number of urea groups is 1. The number of nitrogens with one attached hydrogen (secondary N) is 2. The number of ether oxygens (including phenoxy) is 1. The van der Waals surface area contributed by atoms with Gasteiger partial charge in [-0.25, -0.2) is 9.78 Å². The van der Waals surface area contributed by atoms with Crippen LogP contribution in [0.2, 0.25) is 0 Å². The summed E-state index contributed by atoms with van der Waals surface area (Å²) in [6, 6.07) is 5.78. The molecule has 0 radical (unpaired) electrons. The highest BCUT2D eigenvalue weighted by molar-refractivity contribution is 7.15. The van der Waals surface area contributed by atoms with Crippen LogP contribution in [-0.2, 0) is 29.0 Å². The summed E-state index contributed by atoms with van der Waals surface area (Å²) in [6.07, 6.45) is 5.31. The summed E-state index contributed by atoms with van der Waals surface area (Å²) in [4.78, 5) is 44.3. The fourth-order valence-electron chi connectivity index (χ4n) is 3.72. The number of amides is 4. The summed E-state index contributed by atoms with van der Waals surface area (Å²) >= 11 is 1.51. The minimum atomic E-state index is -0.867. The van der Waals surface area contributed by atoms with E-state index in [-0.39, 0.29) is 18.9 Å². The van der Waals surface area contributed by atoms with Crippen molar-refractivity contribution < 1.29 is 19.1 Å². The van der Waals surface area contributed by atoms with Crippen LogP contribution in [-0.4, -0.2) is 40.9 Å². The molecule has 1 aromatic carbocycles. The monoisotopic (exact) mass is 428 g/mol. The second-order valence-corrected chi connectivity index (χ2v) is 8.56. The highest BCUT2D eigenvalue weighted by Crippen LogP contribution is 2.29. The number of imide groups is 1. The van der Waals surface area contributed by atoms with Crippen LogP contribution in [0.1, 0.15) is 41.8 Å². The first-order valence-corrected chi connectivity index (χ1v) is 10.9. The Labute approximate surface area is 178 Å². The summed E-state index contributed by atoms with van der Waals surface area (Å²) in [7, 11) is 1.57. The van der Waals surface area contributed by atoms with Gasteiger partial charge in [-0.3, -0.25) is 14.5 Å². The maximum Gasteiger partial charge on any atom is 0.325 e. The normalized spacial score (nSPS) is 18.6. The molecular formula is C21H24N4O4S. The molecule has 9 heteroatoms. The fraction of sp³-hybridized carbons (Fsp3) is 0.429. The summed E-state index contributed by atoms with van der Waals surface area (Å²) in [5.74, 6) is -0.0327. The summed E-state index contributed by atoms with van der Waals surface area (Å²) in [5.41, 5.74) is 1.87. The number of aromatic nitrogens is 1. The molecule has 0 saturated carbocycles. The second kappa shape index (κ2) is 8.83. The van der Waals surface area contributed by atoms with E-state index in [1.165, 1.54) is 22.6 Å². The van der Waals surface area contributed by atoms with Crippen LogP contribution < -0.4 is 15.4 Å². The number of aryl methyl sites for hydroxylation is 2. The lowest BCUT2D eigenvalue weighted by Gasteiger charge is -2.13. The first kappa shape index (κ1) is 20.3. The molecular weight excluding hydrogens is 404 g/mol. The quantitative estimate of drug-likeness (QED) is 0.544. The number of hydrogen-bond acceptors (Lipinski definition) is 6. The van der Waals surface area contributed by atoms with Gasteiger partial charge in [0, 0.05) is 4.88 Å². The first-order valence-electron chi connectivity index (χ1n) is 10.1. The van der Waals surface area contributed by atoms with Crippen molar-refractivity contribution in [3.05, 3.63) is 40.4 Å². The van der Waals surface area contributed by atoms with Gasteiger partial charge in [0.05, 0.1) is 25.8 Å². The van der Waals surface area contributed by atoms with Gasteiger partial charge in [0.25, 0.3) is 5.91 Å². The number of carbonyl (C=O) groups is 3. The molecule has 1 aliphatic heterocycles. The standard InChI is InChI=1S/C21H24N4O4S/c1-29-14-9-7-13(8-10-14)12-25-19(27)16(23-21(25)28)11-18(26)24-20-22-15-5-3-2-4-6-17(15)30-20/h7-10,16H,2-6,11-12H2,1H3,(H,23,28)(H,22,24,26)/t16-/m0/s1. The van der Waals surface area contributed by atoms with E-state index in [2.05, 4.69) is 15.6 Å². The number of hydrogen-bond donors (Lipinski definition) is 2. The van der Waals surface area contributed by atoms with Crippen molar-refractivity contribution in [1.82, 2.24) is 15.2 Å². The topological polar surface area (TPSA) is 101 Å². The second-order valence-electron chi connectivity index (χ2n) is 7.48. The highest BCUT2D eigenvalue weighted by atomic mass is 32.1. The number of fused-ring (bicyclic) bond motifs is 1. The van der Waals surface area contributed by atoms with Crippen LogP contribution in [0.5, 0.6) is 5.75 Å². The first-order chi connectivity index (χ1) is 14.5. The van der Waals surface area contributed by atoms with Gasteiger partial charge in [0.1, 0.15) is 11.8 Å². The molecule has 2 heterocycles. The lowest BCUT2D eigenvalue weighted by Crippen LogP contribution is -2.34. The van der Waals surface area contributed by atoms with Crippen LogP contribution in [0.15, 0.2) is 24.3 Å². The van der Waals surface area contributed by atoms with E-state index in [9.17, 15) is 14.4 Å². The van der Waals surface area contributed by atoms with Gasteiger partial charge in [-0.1, -0.05) is 18.6 Å². The average Bonchev–Trinajstić information content (AvgIpc) is 3.13. The number of methoxy groups -OCH3 is 1. The summed E-state index contributed by atoms with van der Waals surface area (Å²) in [5, 5.41) is 5.97. The van der Waals surface area contributed by atoms with Crippen LogP contribution >= 0.6 is 11.3 Å². The average molecular weight is 429 g/mol. The van der Waals surface area contributed by atoms with Crippen molar-refractivity contribution in [2.75, 3.05) is 12.4 Å². The molecule has 8 nitrogen and oxygen atoms in total. The van der Waals surface area contributed by atoms with Crippen LogP contribution in [0.25, 0.3) is 0 Å². The smallest absolute Gasteiger partial charge is 0.325 e. The number of benzene rings is 1. The number of rotatable bonds is 6. The summed E-state index contributed by atoms with van der Waals surface area (Å²) < 4.78 is 5.12. The predicted octanol–water partition coefficient (Wildman–Crippen LogP) is 2.87. The molecule has 0 unspecified atom stereocenters. The Hall–Kier alpha value is -2.94. The molecule has 2 N–H and O–H groups in total. The van der Waals surface area contributed by atoms with Gasteiger partial charge in [-0.2, -0.15) is 0 Å². The molecule has 0 bridgehead atoms. The number of thiazole rings is 1. The maximum absolute atomic E-state index is 12.7. The lowest BCUT2D eigenvalue weighted by molar-refractivity contribution is -0.130. The van der Waals surface area contributed by atoms with Crippen LogP contribution in [0.3, 0.4) is 0 Å². The number of anilines is 1. The minimum Gasteiger partial charge on any atom is -0.497 e.